The molecular weight excluding hydrogens is 226 g/mol. The minimum absolute atomic E-state index is 0.0474. The standard InChI is InChI=1S/C15H27NO2/c1-11-8-9-15(12(2)10-11,14(17)18-3)16-13-6-4-5-7-13/h11-13,16H,4-10H2,1-3H3. The van der Waals surface area contributed by atoms with Crippen molar-refractivity contribution in [2.75, 3.05) is 7.11 Å². The molecule has 18 heavy (non-hydrogen) atoms. The SMILES string of the molecule is COC(=O)C1(NC2CCCC2)CCC(C)CC1C. The predicted octanol–water partition coefficient (Wildman–Crippen LogP) is 2.89. The highest BCUT2D eigenvalue weighted by molar-refractivity contribution is 5.81. The van der Waals surface area contributed by atoms with Crippen LogP contribution in [0.25, 0.3) is 0 Å². The normalized spacial score (nSPS) is 37.7. The largest absolute Gasteiger partial charge is 0.468 e. The highest BCUT2D eigenvalue weighted by Crippen LogP contribution is 2.39. The lowest BCUT2D eigenvalue weighted by Crippen LogP contribution is -2.61. The van der Waals surface area contributed by atoms with Gasteiger partial charge in [-0.15, -0.1) is 0 Å². The van der Waals surface area contributed by atoms with E-state index in [1.807, 2.05) is 0 Å². The minimum atomic E-state index is -0.420. The van der Waals surface area contributed by atoms with Gasteiger partial charge in [0.15, 0.2) is 0 Å². The molecule has 0 bridgehead atoms. The first-order valence-electron chi connectivity index (χ1n) is 7.44. The van der Waals surface area contributed by atoms with E-state index in [2.05, 4.69) is 19.2 Å². The van der Waals surface area contributed by atoms with Gasteiger partial charge in [-0.2, -0.15) is 0 Å². The third-order valence-corrected chi connectivity index (χ3v) is 5.00. The van der Waals surface area contributed by atoms with E-state index in [1.54, 1.807) is 0 Å². The summed E-state index contributed by atoms with van der Waals surface area (Å²) in [4.78, 5) is 12.3. The number of hydrogen-bond donors (Lipinski definition) is 1. The van der Waals surface area contributed by atoms with Gasteiger partial charge in [0, 0.05) is 6.04 Å². The molecule has 0 aliphatic heterocycles. The second kappa shape index (κ2) is 5.60. The van der Waals surface area contributed by atoms with Gasteiger partial charge in [0.25, 0.3) is 0 Å². The van der Waals surface area contributed by atoms with Crippen molar-refractivity contribution >= 4 is 5.97 Å². The molecule has 104 valence electrons. The molecule has 2 aliphatic carbocycles. The number of methoxy groups -OCH3 is 1. The second-order valence-electron chi connectivity index (χ2n) is 6.37. The lowest BCUT2D eigenvalue weighted by Gasteiger charge is -2.44. The van der Waals surface area contributed by atoms with Crippen LogP contribution in [0.15, 0.2) is 0 Å². The van der Waals surface area contributed by atoms with E-state index in [1.165, 1.54) is 32.8 Å². The molecule has 2 saturated carbocycles. The van der Waals surface area contributed by atoms with Crippen LogP contribution < -0.4 is 5.32 Å². The van der Waals surface area contributed by atoms with Crippen molar-refractivity contribution in [3.8, 4) is 0 Å². The average Bonchev–Trinajstić information content (AvgIpc) is 2.84. The maximum absolute atomic E-state index is 12.3. The quantitative estimate of drug-likeness (QED) is 0.786. The molecule has 0 spiro atoms. The summed E-state index contributed by atoms with van der Waals surface area (Å²) in [6, 6.07) is 0.514. The van der Waals surface area contributed by atoms with Crippen LogP contribution in [0.4, 0.5) is 0 Å². The zero-order chi connectivity index (χ0) is 13.2. The third kappa shape index (κ3) is 2.56. The lowest BCUT2D eigenvalue weighted by atomic mass is 9.69. The highest BCUT2D eigenvalue weighted by Gasteiger charge is 2.48. The van der Waals surface area contributed by atoms with Crippen LogP contribution in [0.2, 0.25) is 0 Å². The number of ether oxygens (including phenoxy) is 1. The smallest absolute Gasteiger partial charge is 0.326 e. The minimum Gasteiger partial charge on any atom is -0.468 e. The van der Waals surface area contributed by atoms with Crippen LogP contribution in [0.5, 0.6) is 0 Å². The first-order valence-corrected chi connectivity index (χ1v) is 7.44. The van der Waals surface area contributed by atoms with E-state index in [0.29, 0.717) is 12.0 Å². The summed E-state index contributed by atoms with van der Waals surface area (Å²) in [7, 11) is 1.52. The van der Waals surface area contributed by atoms with Crippen LogP contribution in [0.3, 0.4) is 0 Å². The summed E-state index contributed by atoms with van der Waals surface area (Å²) in [5.41, 5.74) is -0.420. The molecular formula is C15H27NO2. The van der Waals surface area contributed by atoms with E-state index in [9.17, 15) is 4.79 Å². The Morgan fingerprint density at radius 3 is 2.44 bits per heavy atom. The van der Waals surface area contributed by atoms with Gasteiger partial charge in [0.05, 0.1) is 7.11 Å². The number of rotatable bonds is 3. The Morgan fingerprint density at radius 1 is 1.22 bits per heavy atom. The molecule has 0 amide bonds. The van der Waals surface area contributed by atoms with Gasteiger partial charge in [-0.25, -0.2) is 0 Å². The summed E-state index contributed by atoms with van der Waals surface area (Å²) >= 11 is 0. The molecule has 2 fully saturated rings. The molecule has 0 aromatic rings. The summed E-state index contributed by atoms with van der Waals surface area (Å²) in [5.74, 6) is 1.05. The molecule has 3 heteroatoms. The average molecular weight is 253 g/mol. The van der Waals surface area contributed by atoms with E-state index < -0.39 is 5.54 Å². The molecule has 0 saturated heterocycles. The molecule has 0 radical (unpaired) electrons. The summed E-state index contributed by atoms with van der Waals surface area (Å²) < 4.78 is 5.11. The first kappa shape index (κ1) is 13.9. The number of carbonyl (C=O) groups is 1. The molecule has 2 aliphatic rings. The van der Waals surface area contributed by atoms with E-state index in [-0.39, 0.29) is 5.97 Å². The van der Waals surface area contributed by atoms with Gasteiger partial charge >= 0.3 is 5.97 Å². The molecule has 3 nitrogen and oxygen atoms in total. The number of esters is 1. The topological polar surface area (TPSA) is 38.3 Å². The molecule has 0 aromatic carbocycles. The summed E-state index contributed by atoms with van der Waals surface area (Å²) in [5, 5.41) is 3.68. The van der Waals surface area contributed by atoms with E-state index in [4.69, 9.17) is 4.74 Å². The van der Waals surface area contributed by atoms with Crippen molar-refractivity contribution in [2.24, 2.45) is 11.8 Å². The van der Waals surface area contributed by atoms with Crippen molar-refractivity contribution in [3.63, 3.8) is 0 Å². The third-order valence-electron chi connectivity index (χ3n) is 5.00. The Bertz CT molecular complexity index is 299. The Balaban J connectivity index is 2.14. The first-order chi connectivity index (χ1) is 8.58. The van der Waals surface area contributed by atoms with Crippen molar-refractivity contribution in [1.82, 2.24) is 5.32 Å². The Labute approximate surface area is 111 Å². The molecule has 3 atom stereocenters. The van der Waals surface area contributed by atoms with Crippen LogP contribution in [0.1, 0.15) is 58.8 Å². The van der Waals surface area contributed by atoms with Crippen molar-refractivity contribution in [3.05, 3.63) is 0 Å². The zero-order valence-corrected chi connectivity index (χ0v) is 12.0. The van der Waals surface area contributed by atoms with Crippen molar-refractivity contribution < 1.29 is 9.53 Å². The van der Waals surface area contributed by atoms with Crippen LogP contribution in [-0.4, -0.2) is 24.7 Å². The molecule has 2 rings (SSSR count). The Kier molecular flexibility index (Phi) is 4.31. The van der Waals surface area contributed by atoms with Crippen molar-refractivity contribution in [1.29, 1.82) is 0 Å². The van der Waals surface area contributed by atoms with Crippen LogP contribution in [0, 0.1) is 11.8 Å². The van der Waals surface area contributed by atoms with Gasteiger partial charge in [0.2, 0.25) is 0 Å². The van der Waals surface area contributed by atoms with Gasteiger partial charge in [-0.1, -0.05) is 26.7 Å². The van der Waals surface area contributed by atoms with E-state index in [0.717, 1.165) is 25.2 Å². The van der Waals surface area contributed by atoms with Gasteiger partial charge < -0.3 is 4.74 Å². The zero-order valence-electron chi connectivity index (χ0n) is 12.0. The number of hydrogen-bond acceptors (Lipinski definition) is 3. The van der Waals surface area contributed by atoms with Crippen LogP contribution >= 0.6 is 0 Å². The fraction of sp³-hybridized carbons (Fsp3) is 0.933. The second-order valence-corrected chi connectivity index (χ2v) is 6.37. The fourth-order valence-corrected chi connectivity index (χ4v) is 3.84. The molecule has 0 aromatic heterocycles. The van der Waals surface area contributed by atoms with Crippen LogP contribution in [-0.2, 0) is 9.53 Å². The fourth-order valence-electron chi connectivity index (χ4n) is 3.84. The molecule has 1 N–H and O–H groups in total. The predicted molar refractivity (Wildman–Crippen MR) is 72.3 cm³/mol. The monoisotopic (exact) mass is 253 g/mol. The Hall–Kier alpha value is -0.570. The van der Waals surface area contributed by atoms with Gasteiger partial charge in [-0.3, -0.25) is 10.1 Å². The number of nitrogens with one attached hydrogen (secondary N) is 1. The maximum Gasteiger partial charge on any atom is 0.326 e. The van der Waals surface area contributed by atoms with Crippen molar-refractivity contribution in [2.45, 2.75) is 70.4 Å². The Morgan fingerprint density at radius 2 is 1.89 bits per heavy atom. The maximum atomic E-state index is 12.3. The summed E-state index contributed by atoms with van der Waals surface area (Å²) in [6.07, 6.45) is 8.17. The lowest BCUT2D eigenvalue weighted by molar-refractivity contribution is -0.154. The number of carbonyl (C=O) groups excluding carboxylic acids is 1. The van der Waals surface area contributed by atoms with Gasteiger partial charge in [-0.05, 0) is 43.9 Å². The van der Waals surface area contributed by atoms with E-state index >= 15 is 0 Å². The molecule has 0 heterocycles. The highest BCUT2D eigenvalue weighted by atomic mass is 16.5. The van der Waals surface area contributed by atoms with Gasteiger partial charge in [0.1, 0.15) is 5.54 Å². The molecule has 3 unspecified atom stereocenters. The summed E-state index contributed by atoms with van der Waals surface area (Å²) in [6.45, 7) is 4.49.